The zero-order valence-electron chi connectivity index (χ0n) is 19.3. The second kappa shape index (κ2) is 9.02. The molecule has 3 heterocycles. The summed E-state index contributed by atoms with van der Waals surface area (Å²) >= 11 is 0. The number of nitrogens with zero attached hydrogens (tertiary/aromatic N) is 5. The highest BCUT2D eigenvalue weighted by Gasteiger charge is 2.27. The quantitative estimate of drug-likeness (QED) is 0.359. The van der Waals surface area contributed by atoms with Gasteiger partial charge in [0.2, 0.25) is 11.8 Å². The highest BCUT2D eigenvalue weighted by molar-refractivity contribution is 5.95. The molecule has 0 bridgehead atoms. The third-order valence-corrected chi connectivity index (χ3v) is 5.80. The number of halogens is 2. The molecule has 1 saturated carbocycles. The van der Waals surface area contributed by atoms with E-state index in [1.807, 2.05) is 19.3 Å². The molecule has 0 unspecified atom stereocenters. The number of amides is 1. The summed E-state index contributed by atoms with van der Waals surface area (Å²) in [4.78, 5) is 20.9. The number of benzene rings is 1. The lowest BCUT2D eigenvalue weighted by atomic mass is 10.00. The van der Waals surface area contributed by atoms with Crippen LogP contribution in [0.4, 0.5) is 20.3 Å². The lowest BCUT2D eigenvalue weighted by Gasteiger charge is -2.13. The minimum atomic E-state index is -1.03. The topological polar surface area (TPSA) is 119 Å². The normalized spacial score (nSPS) is 13.5. The molecule has 4 aromatic rings. The van der Waals surface area contributed by atoms with Crippen LogP contribution in [0.1, 0.15) is 54.4 Å². The van der Waals surface area contributed by atoms with Crippen LogP contribution in [-0.2, 0) is 11.3 Å². The zero-order valence-corrected chi connectivity index (χ0v) is 19.3. The van der Waals surface area contributed by atoms with Crippen molar-refractivity contribution in [3.8, 4) is 11.5 Å². The van der Waals surface area contributed by atoms with Gasteiger partial charge in [0.05, 0.1) is 23.9 Å². The smallest absolute Gasteiger partial charge is 0.277 e. The van der Waals surface area contributed by atoms with Crippen molar-refractivity contribution in [2.75, 3.05) is 12.4 Å². The number of rotatable bonds is 8. The molecule has 1 fully saturated rings. The number of hydrogen-bond donors (Lipinski definition) is 2. The van der Waals surface area contributed by atoms with E-state index in [0.717, 1.165) is 18.1 Å². The molecule has 1 aliphatic carbocycles. The Kier molecular flexibility index (Phi) is 5.89. The lowest BCUT2D eigenvalue weighted by molar-refractivity contribution is 0.0533. The lowest BCUT2D eigenvalue weighted by Crippen LogP contribution is -2.23. The van der Waals surface area contributed by atoms with Gasteiger partial charge < -0.3 is 9.73 Å². The summed E-state index contributed by atoms with van der Waals surface area (Å²) in [6.45, 7) is 3.98. The minimum Gasteiger partial charge on any atom is -0.421 e. The molecule has 182 valence electrons. The molecular weight excluding hydrogens is 460 g/mol. The number of nitrogens with one attached hydrogen (secondary N) is 2. The number of hydrogen-bond acceptors (Lipinski definition) is 8. The van der Waals surface area contributed by atoms with E-state index < -0.39 is 23.1 Å². The van der Waals surface area contributed by atoms with Crippen molar-refractivity contribution in [2.45, 2.75) is 39.0 Å². The molecule has 0 saturated heterocycles. The van der Waals surface area contributed by atoms with Gasteiger partial charge in [0, 0.05) is 18.7 Å². The second-order valence-electron chi connectivity index (χ2n) is 8.73. The average molecular weight is 483 g/mol. The number of aromatic nitrogens is 5. The van der Waals surface area contributed by atoms with E-state index in [0.29, 0.717) is 34.8 Å². The molecular formula is C23H23F2N7O3. The number of carbonyl (C=O) groups excluding carboxylic acids is 1. The van der Waals surface area contributed by atoms with E-state index in [4.69, 9.17) is 4.42 Å². The van der Waals surface area contributed by atoms with Crippen LogP contribution in [0.5, 0.6) is 0 Å². The maximum absolute atomic E-state index is 14.7. The molecule has 35 heavy (non-hydrogen) atoms. The van der Waals surface area contributed by atoms with Gasteiger partial charge in [-0.05, 0) is 36.3 Å². The molecule has 1 aliphatic rings. The van der Waals surface area contributed by atoms with Gasteiger partial charge in [-0.15, -0.1) is 10.2 Å². The molecule has 5 rings (SSSR count). The molecule has 0 atom stereocenters. The van der Waals surface area contributed by atoms with Gasteiger partial charge in [-0.1, -0.05) is 13.8 Å². The van der Waals surface area contributed by atoms with Gasteiger partial charge in [0.15, 0.2) is 5.82 Å². The van der Waals surface area contributed by atoms with E-state index in [-0.39, 0.29) is 17.4 Å². The molecule has 0 spiro atoms. The van der Waals surface area contributed by atoms with Crippen molar-refractivity contribution >= 4 is 22.9 Å². The van der Waals surface area contributed by atoms with Gasteiger partial charge in [-0.3, -0.25) is 9.63 Å². The Bertz CT molecular complexity index is 1410. The average Bonchev–Trinajstić information content (AvgIpc) is 3.35. The van der Waals surface area contributed by atoms with Gasteiger partial charge in [0.1, 0.15) is 23.5 Å². The Hall–Kier alpha value is -3.93. The summed E-state index contributed by atoms with van der Waals surface area (Å²) in [6, 6.07) is 1.68. The Balaban J connectivity index is 1.57. The van der Waals surface area contributed by atoms with Gasteiger partial charge >= 0.3 is 0 Å². The summed E-state index contributed by atoms with van der Waals surface area (Å²) in [7, 11) is 1.21. The summed E-state index contributed by atoms with van der Waals surface area (Å²) in [5, 5.41) is 15.6. The fourth-order valence-corrected chi connectivity index (χ4v) is 3.99. The standard InChI is InChI=1S/C23H23F2N7O3/c1-11(2)19-14(23-30-29-18(35-23)6-12-4-5-12)9-32-20(19)21(26-10-27-32)28-17-7-13(22(33)31-34-3)15(24)8-16(17)25/h7-12H,4-6H2,1-3H3,(H,31,33)(H,26,27,28). The van der Waals surface area contributed by atoms with E-state index in [1.165, 1.54) is 26.3 Å². The first-order chi connectivity index (χ1) is 16.9. The third-order valence-electron chi connectivity index (χ3n) is 5.80. The van der Waals surface area contributed by atoms with E-state index in [9.17, 15) is 13.6 Å². The number of hydroxylamine groups is 1. The van der Waals surface area contributed by atoms with Crippen LogP contribution in [0.2, 0.25) is 0 Å². The highest BCUT2D eigenvalue weighted by Crippen LogP contribution is 2.38. The van der Waals surface area contributed by atoms with Gasteiger partial charge in [0.25, 0.3) is 5.91 Å². The number of carbonyl (C=O) groups is 1. The maximum Gasteiger partial charge on any atom is 0.277 e. The van der Waals surface area contributed by atoms with Crippen molar-refractivity contribution in [3.05, 3.63) is 53.3 Å². The molecule has 0 radical (unpaired) electrons. The number of anilines is 2. The Morgan fingerprint density at radius 2 is 2.06 bits per heavy atom. The van der Waals surface area contributed by atoms with Crippen molar-refractivity contribution in [3.63, 3.8) is 0 Å². The fraction of sp³-hybridized carbons (Fsp3) is 0.348. The monoisotopic (exact) mass is 483 g/mol. The predicted octanol–water partition coefficient (Wildman–Crippen LogP) is 4.17. The van der Waals surface area contributed by atoms with E-state index >= 15 is 0 Å². The van der Waals surface area contributed by atoms with Gasteiger partial charge in [-0.25, -0.2) is 23.8 Å². The van der Waals surface area contributed by atoms with Crippen LogP contribution >= 0.6 is 0 Å². The van der Waals surface area contributed by atoms with Crippen LogP contribution in [0.3, 0.4) is 0 Å². The number of fused-ring (bicyclic) bond motifs is 1. The summed E-state index contributed by atoms with van der Waals surface area (Å²) in [6.07, 6.45) is 6.15. The van der Waals surface area contributed by atoms with E-state index in [2.05, 4.69) is 30.4 Å². The zero-order chi connectivity index (χ0) is 24.7. The second-order valence-corrected chi connectivity index (χ2v) is 8.73. The molecule has 10 nitrogen and oxygen atoms in total. The SMILES string of the molecule is CONC(=O)c1cc(Nc2ncnn3cc(-c4nnc(CC5CC5)o4)c(C(C)C)c23)c(F)cc1F. The first kappa shape index (κ1) is 22.8. The van der Waals surface area contributed by atoms with Crippen molar-refractivity contribution < 1.29 is 22.8 Å². The summed E-state index contributed by atoms with van der Waals surface area (Å²) in [5.74, 6) is -0.970. The Morgan fingerprint density at radius 1 is 1.26 bits per heavy atom. The predicted molar refractivity (Wildman–Crippen MR) is 121 cm³/mol. The fourth-order valence-electron chi connectivity index (χ4n) is 3.99. The largest absolute Gasteiger partial charge is 0.421 e. The van der Waals surface area contributed by atoms with Crippen LogP contribution in [0, 0.1) is 17.6 Å². The van der Waals surface area contributed by atoms with Crippen molar-refractivity contribution in [1.29, 1.82) is 0 Å². The highest BCUT2D eigenvalue weighted by atomic mass is 19.1. The van der Waals surface area contributed by atoms with Crippen LogP contribution in [-0.4, -0.2) is 37.8 Å². The minimum absolute atomic E-state index is 0.0126. The molecule has 1 aromatic carbocycles. The van der Waals surface area contributed by atoms with E-state index in [1.54, 1.807) is 10.7 Å². The molecule has 1 amide bonds. The summed E-state index contributed by atoms with van der Waals surface area (Å²) < 4.78 is 36.4. The van der Waals surface area contributed by atoms with Crippen LogP contribution < -0.4 is 10.8 Å². The Labute approximate surface area is 198 Å². The van der Waals surface area contributed by atoms with Gasteiger partial charge in [-0.2, -0.15) is 5.10 Å². The maximum atomic E-state index is 14.7. The molecule has 12 heteroatoms. The third kappa shape index (κ3) is 4.44. The van der Waals surface area contributed by atoms with Crippen LogP contribution in [0.15, 0.2) is 29.1 Å². The first-order valence-corrected chi connectivity index (χ1v) is 11.1. The van der Waals surface area contributed by atoms with Crippen molar-refractivity contribution in [2.24, 2.45) is 5.92 Å². The molecule has 2 N–H and O–H groups in total. The molecule has 0 aliphatic heterocycles. The first-order valence-electron chi connectivity index (χ1n) is 11.1. The summed E-state index contributed by atoms with van der Waals surface area (Å²) in [5.41, 5.74) is 3.55. The van der Waals surface area contributed by atoms with Crippen molar-refractivity contribution in [1.82, 2.24) is 30.3 Å². The van der Waals surface area contributed by atoms with Crippen LogP contribution in [0.25, 0.3) is 17.0 Å². The Morgan fingerprint density at radius 3 is 2.77 bits per heavy atom. The molecule has 3 aromatic heterocycles.